The molecule has 2 aromatic carbocycles. The standard InChI is InChI=1S/C21H26N2O4/c1-16(24)17-3-2-4-21(13-17)27-15-20(26)14-22-9-11-23(12-10-22)18-5-7-19(25)8-6-18/h2-8,13,20,25-26H,9-12,14-15H2,1H3/t20-/m1/s1. The molecular weight excluding hydrogens is 344 g/mol. The van der Waals surface area contributed by atoms with Gasteiger partial charge in [-0.2, -0.15) is 0 Å². The third-order valence-corrected chi connectivity index (χ3v) is 4.74. The summed E-state index contributed by atoms with van der Waals surface area (Å²) in [5.41, 5.74) is 1.70. The molecule has 0 aliphatic carbocycles. The van der Waals surface area contributed by atoms with Gasteiger partial charge in [-0.25, -0.2) is 0 Å². The van der Waals surface area contributed by atoms with E-state index in [4.69, 9.17) is 4.74 Å². The zero-order chi connectivity index (χ0) is 19.2. The van der Waals surface area contributed by atoms with Crippen LogP contribution in [0.3, 0.4) is 0 Å². The summed E-state index contributed by atoms with van der Waals surface area (Å²) in [6.45, 7) is 5.73. The van der Waals surface area contributed by atoms with Gasteiger partial charge < -0.3 is 19.8 Å². The van der Waals surface area contributed by atoms with Gasteiger partial charge in [0.2, 0.25) is 0 Å². The maximum absolute atomic E-state index is 11.4. The highest BCUT2D eigenvalue weighted by atomic mass is 16.5. The zero-order valence-electron chi connectivity index (χ0n) is 15.5. The molecule has 0 spiro atoms. The molecule has 1 aliphatic heterocycles. The van der Waals surface area contributed by atoms with E-state index in [0.717, 1.165) is 31.9 Å². The van der Waals surface area contributed by atoms with E-state index >= 15 is 0 Å². The number of aliphatic hydroxyl groups excluding tert-OH is 1. The number of piperazine rings is 1. The number of phenolic OH excluding ortho intramolecular Hbond substituents is 1. The highest BCUT2D eigenvalue weighted by molar-refractivity contribution is 5.94. The van der Waals surface area contributed by atoms with Crippen molar-refractivity contribution in [3.8, 4) is 11.5 Å². The van der Waals surface area contributed by atoms with Gasteiger partial charge >= 0.3 is 0 Å². The van der Waals surface area contributed by atoms with Crippen molar-refractivity contribution >= 4 is 11.5 Å². The van der Waals surface area contributed by atoms with Crippen molar-refractivity contribution in [3.05, 3.63) is 54.1 Å². The predicted molar refractivity (Wildman–Crippen MR) is 105 cm³/mol. The van der Waals surface area contributed by atoms with E-state index in [0.29, 0.717) is 17.9 Å². The number of phenols is 1. The lowest BCUT2D eigenvalue weighted by molar-refractivity contribution is 0.0663. The van der Waals surface area contributed by atoms with Gasteiger partial charge in [0.15, 0.2) is 5.78 Å². The fourth-order valence-electron chi connectivity index (χ4n) is 3.20. The summed E-state index contributed by atoms with van der Waals surface area (Å²) < 4.78 is 5.64. The number of Topliss-reactive ketones (excluding diaryl/α,β-unsaturated/α-hetero) is 1. The molecule has 2 aromatic rings. The lowest BCUT2D eigenvalue weighted by Crippen LogP contribution is -2.49. The van der Waals surface area contributed by atoms with E-state index in [2.05, 4.69) is 9.80 Å². The summed E-state index contributed by atoms with van der Waals surface area (Å²) in [5, 5.41) is 19.7. The van der Waals surface area contributed by atoms with Gasteiger partial charge in [-0.1, -0.05) is 12.1 Å². The van der Waals surface area contributed by atoms with Gasteiger partial charge in [0, 0.05) is 44.0 Å². The fraction of sp³-hybridized carbons (Fsp3) is 0.381. The molecule has 6 heteroatoms. The maximum Gasteiger partial charge on any atom is 0.159 e. The van der Waals surface area contributed by atoms with Crippen molar-refractivity contribution in [1.82, 2.24) is 4.90 Å². The average Bonchev–Trinajstić information content (AvgIpc) is 2.68. The van der Waals surface area contributed by atoms with Crippen LogP contribution in [0.4, 0.5) is 5.69 Å². The molecule has 0 aromatic heterocycles. The van der Waals surface area contributed by atoms with Crippen molar-refractivity contribution in [2.45, 2.75) is 13.0 Å². The van der Waals surface area contributed by atoms with E-state index in [1.165, 1.54) is 6.92 Å². The third kappa shape index (κ3) is 5.45. The Morgan fingerprint density at radius 2 is 1.81 bits per heavy atom. The topological polar surface area (TPSA) is 73.2 Å². The second-order valence-electron chi connectivity index (χ2n) is 6.85. The molecule has 1 aliphatic rings. The monoisotopic (exact) mass is 370 g/mol. The van der Waals surface area contributed by atoms with Crippen LogP contribution in [0.25, 0.3) is 0 Å². The molecular formula is C21H26N2O4. The number of hydrogen-bond donors (Lipinski definition) is 2. The molecule has 1 saturated heterocycles. The Morgan fingerprint density at radius 3 is 2.48 bits per heavy atom. The number of β-amino-alcohol motifs (C(OH)–C–C–N with tert-alkyl or cyclic N) is 1. The SMILES string of the molecule is CC(=O)c1cccc(OC[C@H](O)CN2CCN(c3ccc(O)cc3)CC2)c1. The molecule has 1 heterocycles. The number of rotatable bonds is 7. The van der Waals surface area contributed by atoms with Crippen LogP contribution in [-0.4, -0.2) is 66.3 Å². The fourth-order valence-corrected chi connectivity index (χ4v) is 3.20. The molecule has 0 amide bonds. The molecule has 2 N–H and O–H groups in total. The van der Waals surface area contributed by atoms with Crippen LogP contribution < -0.4 is 9.64 Å². The normalized spacial score (nSPS) is 16.1. The highest BCUT2D eigenvalue weighted by Crippen LogP contribution is 2.20. The Kier molecular flexibility index (Phi) is 6.32. The highest BCUT2D eigenvalue weighted by Gasteiger charge is 2.20. The first-order chi connectivity index (χ1) is 13.0. The minimum absolute atomic E-state index is 0.00695. The number of benzene rings is 2. The Labute approximate surface area is 159 Å². The summed E-state index contributed by atoms with van der Waals surface area (Å²) in [6.07, 6.45) is -0.591. The molecule has 144 valence electrons. The number of carbonyl (C=O) groups is 1. The van der Waals surface area contributed by atoms with Gasteiger partial charge in [0.05, 0.1) is 0 Å². The van der Waals surface area contributed by atoms with Gasteiger partial charge in [-0.05, 0) is 43.3 Å². The van der Waals surface area contributed by atoms with Crippen molar-refractivity contribution in [3.63, 3.8) is 0 Å². The van der Waals surface area contributed by atoms with E-state index in [1.54, 1.807) is 36.4 Å². The van der Waals surface area contributed by atoms with Gasteiger partial charge in [0.1, 0.15) is 24.2 Å². The van der Waals surface area contributed by atoms with Gasteiger partial charge in [-0.3, -0.25) is 9.69 Å². The molecule has 1 atom stereocenters. The summed E-state index contributed by atoms with van der Waals surface area (Å²) in [4.78, 5) is 15.9. The summed E-state index contributed by atoms with van der Waals surface area (Å²) in [5.74, 6) is 0.862. The lowest BCUT2D eigenvalue weighted by Gasteiger charge is -2.36. The Morgan fingerprint density at radius 1 is 1.11 bits per heavy atom. The molecule has 0 saturated carbocycles. The quantitative estimate of drug-likeness (QED) is 0.728. The number of ketones is 1. The van der Waals surface area contributed by atoms with Crippen molar-refractivity contribution in [1.29, 1.82) is 0 Å². The van der Waals surface area contributed by atoms with Crippen molar-refractivity contribution < 1.29 is 19.7 Å². The van der Waals surface area contributed by atoms with Crippen LogP contribution in [-0.2, 0) is 0 Å². The Balaban J connectivity index is 1.43. The minimum atomic E-state index is -0.591. The molecule has 6 nitrogen and oxygen atoms in total. The third-order valence-electron chi connectivity index (χ3n) is 4.74. The van der Waals surface area contributed by atoms with Crippen LogP contribution in [0.5, 0.6) is 11.5 Å². The number of ether oxygens (including phenoxy) is 1. The molecule has 0 unspecified atom stereocenters. The van der Waals surface area contributed by atoms with Crippen molar-refractivity contribution in [2.75, 3.05) is 44.2 Å². The van der Waals surface area contributed by atoms with E-state index in [1.807, 2.05) is 12.1 Å². The van der Waals surface area contributed by atoms with Crippen LogP contribution in [0, 0.1) is 0 Å². The van der Waals surface area contributed by atoms with E-state index in [-0.39, 0.29) is 18.1 Å². The smallest absolute Gasteiger partial charge is 0.159 e. The number of aromatic hydroxyl groups is 1. The summed E-state index contributed by atoms with van der Waals surface area (Å²) >= 11 is 0. The maximum atomic E-state index is 11.4. The molecule has 1 fully saturated rings. The first-order valence-corrected chi connectivity index (χ1v) is 9.19. The second kappa shape index (κ2) is 8.88. The number of aliphatic hydroxyl groups is 1. The zero-order valence-corrected chi connectivity index (χ0v) is 15.5. The minimum Gasteiger partial charge on any atom is -0.508 e. The summed E-state index contributed by atoms with van der Waals surface area (Å²) in [6, 6.07) is 14.3. The molecule has 0 bridgehead atoms. The summed E-state index contributed by atoms with van der Waals surface area (Å²) in [7, 11) is 0. The number of anilines is 1. The lowest BCUT2D eigenvalue weighted by atomic mass is 10.1. The van der Waals surface area contributed by atoms with Crippen LogP contribution in [0.2, 0.25) is 0 Å². The predicted octanol–water partition coefficient (Wildman–Crippen LogP) is 2.16. The molecule has 0 radical (unpaired) electrons. The van der Waals surface area contributed by atoms with Crippen LogP contribution in [0.15, 0.2) is 48.5 Å². The second-order valence-corrected chi connectivity index (χ2v) is 6.85. The average molecular weight is 370 g/mol. The first kappa shape index (κ1) is 19.2. The van der Waals surface area contributed by atoms with Crippen LogP contribution >= 0.6 is 0 Å². The van der Waals surface area contributed by atoms with Crippen LogP contribution in [0.1, 0.15) is 17.3 Å². The number of nitrogens with zero attached hydrogens (tertiary/aromatic N) is 2. The number of hydrogen-bond acceptors (Lipinski definition) is 6. The van der Waals surface area contributed by atoms with E-state index < -0.39 is 6.10 Å². The molecule has 3 rings (SSSR count). The van der Waals surface area contributed by atoms with Gasteiger partial charge in [0.25, 0.3) is 0 Å². The number of carbonyl (C=O) groups excluding carboxylic acids is 1. The van der Waals surface area contributed by atoms with Gasteiger partial charge in [-0.15, -0.1) is 0 Å². The van der Waals surface area contributed by atoms with E-state index in [9.17, 15) is 15.0 Å². The first-order valence-electron chi connectivity index (χ1n) is 9.19. The largest absolute Gasteiger partial charge is 0.508 e. The Bertz CT molecular complexity index is 755. The Hall–Kier alpha value is -2.57. The molecule has 27 heavy (non-hydrogen) atoms. The van der Waals surface area contributed by atoms with Crippen molar-refractivity contribution in [2.24, 2.45) is 0 Å².